The summed E-state index contributed by atoms with van der Waals surface area (Å²) >= 11 is 0. The van der Waals surface area contributed by atoms with Crippen LogP contribution in [-0.4, -0.2) is 14.5 Å². The van der Waals surface area contributed by atoms with E-state index < -0.39 is 5.82 Å². The van der Waals surface area contributed by atoms with E-state index in [1.807, 2.05) is 13.8 Å². The van der Waals surface area contributed by atoms with Crippen molar-refractivity contribution < 1.29 is 4.39 Å². The second-order valence-corrected chi connectivity index (χ2v) is 5.73. The van der Waals surface area contributed by atoms with Crippen molar-refractivity contribution in [3.8, 4) is 22.5 Å². The number of halogens is 1. The lowest BCUT2D eigenvalue weighted by Crippen LogP contribution is -2.20. The summed E-state index contributed by atoms with van der Waals surface area (Å²) in [7, 11) is 0. The van der Waals surface area contributed by atoms with E-state index in [0.29, 0.717) is 22.5 Å². The highest BCUT2D eigenvalue weighted by atomic mass is 19.1. The number of pyridine rings is 1. The zero-order chi connectivity index (χ0) is 17.3. The van der Waals surface area contributed by atoms with Crippen LogP contribution in [0.5, 0.6) is 0 Å². The van der Waals surface area contributed by atoms with Gasteiger partial charge in [-0.05, 0) is 32.0 Å². The molecule has 1 aromatic carbocycles. The molecule has 2 N–H and O–H groups in total. The Balaban J connectivity index is 2.25. The molecule has 122 valence electrons. The maximum absolute atomic E-state index is 14.2. The van der Waals surface area contributed by atoms with Gasteiger partial charge >= 0.3 is 0 Å². The van der Waals surface area contributed by atoms with E-state index in [9.17, 15) is 9.18 Å². The van der Waals surface area contributed by atoms with Crippen LogP contribution in [0.1, 0.15) is 19.9 Å². The van der Waals surface area contributed by atoms with Gasteiger partial charge < -0.3 is 10.3 Å². The number of rotatable bonds is 3. The molecule has 0 saturated carbocycles. The first-order valence-corrected chi connectivity index (χ1v) is 7.57. The van der Waals surface area contributed by atoms with Crippen molar-refractivity contribution in [2.45, 2.75) is 19.9 Å². The molecular formula is C18H17FN4O. The van der Waals surface area contributed by atoms with Gasteiger partial charge in [-0.15, -0.1) is 0 Å². The number of hydrogen-bond donors (Lipinski definition) is 1. The first kappa shape index (κ1) is 15.9. The molecule has 3 rings (SSSR count). The largest absolute Gasteiger partial charge is 0.382 e. The molecule has 3 aromatic rings. The molecule has 0 fully saturated rings. The Bertz CT molecular complexity index is 950. The Morgan fingerprint density at radius 1 is 1.12 bits per heavy atom. The minimum atomic E-state index is -0.407. The molecule has 0 aliphatic carbocycles. The molecule has 0 aliphatic rings. The van der Waals surface area contributed by atoms with Crippen LogP contribution in [0.25, 0.3) is 22.5 Å². The van der Waals surface area contributed by atoms with Crippen molar-refractivity contribution in [3.63, 3.8) is 0 Å². The molecule has 5 nitrogen and oxygen atoms in total. The number of hydrogen-bond acceptors (Lipinski definition) is 4. The van der Waals surface area contributed by atoms with Gasteiger partial charge in [-0.2, -0.15) is 0 Å². The molecule has 2 aromatic heterocycles. The summed E-state index contributed by atoms with van der Waals surface area (Å²) in [6.45, 7) is 3.83. The lowest BCUT2D eigenvalue weighted by atomic mass is 10.0. The van der Waals surface area contributed by atoms with Gasteiger partial charge in [0.2, 0.25) is 0 Å². The molecule has 24 heavy (non-hydrogen) atoms. The molecular weight excluding hydrogens is 307 g/mol. The summed E-state index contributed by atoms with van der Waals surface area (Å²) in [6, 6.07) is 9.44. The second-order valence-electron chi connectivity index (χ2n) is 5.73. The number of aromatic nitrogens is 3. The maximum atomic E-state index is 14.2. The number of benzene rings is 1. The average molecular weight is 324 g/mol. The fourth-order valence-corrected chi connectivity index (χ4v) is 2.50. The van der Waals surface area contributed by atoms with Crippen molar-refractivity contribution in [2.24, 2.45) is 0 Å². The maximum Gasteiger partial charge on any atom is 0.250 e. The SMILES string of the molecule is CC(C)n1cc(-c2ncc(N)nc2-c2ccccc2F)ccc1=O. The smallest absolute Gasteiger partial charge is 0.250 e. The van der Waals surface area contributed by atoms with Gasteiger partial charge in [-0.25, -0.2) is 9.37 Å². The first-order chi connectivity index (χ1) is 11.5. The van der Waals surface area contributed by atoms with Crippen molar-refractivity contribution in [1.29, 1.82) is 0 Å². The quantitative estimate of drug-likeness (QED) is 0.802. The van der Waals surface area contributed by atoms with Gasteiger partial charge in [0.15, 0.2) is 0 Å². The fraction of sp³-hybridized carbons (Fsp3) is 0.167. The molecule has 0 bridgehead atoms. The first-order valence-electron chi connectivity index (χ1n) is 7.57. The summed E-state index contributed by atoms with van der Waals surface area (Å²) < 4.78 is 15.8. The molecule has 2 heterocycles. The zero-order valence-corrected chi connectivity index (χ0v) is 13.4. The van der Waals surface area contributed by atoms with Crippen LogP contribution in [0.3, 0.4) is 0 Å². The molecule has 0 atom stereocenters. The molecule has 0 radical (unpaired) electrons. The Morgan fingerprint density at radius 2 is 1.88 bits per heavy atom. The lowest BCUT2D eigenvalue weighted by Gasteiger charge is -2.13. The van der Waals surface area contributed by atoms with Crippen LogP contribution < -0.4 is 11.3 Å². The Labute approximate surface area is 138 Å². The molecule has 0 aliphatic heterocycles. The van der Waals surface area contributed by atoms with Gasteiger partial charge in [-0.1, -0.05) is 12.1 Å². The highest BCUT2D eigenvalue weighted by molar-refractivity contribution is 5.78. The van der Waals surface area contributed by atoms with E-state index in [1.54, 1.807) is 35.0 Å². The predicted molar refractivity (Wildman–Crippen MR) is 91.9 cm³/mol. The summed E-state index contributed by atoms with van der Waals surface area (Å²) in [5, 5.41) is 0. The van der Waals surface area contributed by atoms with Gasteiger partial charge in [0.1, 0.15) is 17.3 Å². The Hall–Kier alpha value is -3.02. The summed E-state index contributed by atoms with van der Waals surface area (Å²) in [6.07, 6.45) is 3.13. The van der Waals surface area contributed by atoms with Crippen molar-refractivity contribution in [1.82, 2.24) is 14.5 Å². The molecule has 6 heteroatoms. The molecule has 0 amide bonds. The van der Waals surface area contributed by atoms with Crippen LogP contribution in [0.15, 0.2) is 53.6 Å². The van der Waals surface area contributed by atoms with Crippen LogP contribution in [0.2, 0.25) is 0 Å². The minimum absolute atomic E-state index is 0.00361. The average Bonchev–Trinajstić information content (AvgIpc) is 2.55. The van der Waals surface area contributed by atoms with Gasteiger partial charge in [0, 0.05) is 29.4 Å². The standard InChI is InChI=1S/C18H17FN4O/c1-11(2)23-10-12(7-8-16(23)24)17-18(22-15(20)9-21-17)13-5-3-4-6-14(13)19/h3-11H,1-2H3,(H2,20,22). The fourth-order valence-electron chi connectivity index (χ4n) is 2.50. The van der Waals surface area contributed by atoms with Crippen LogP contribution >= 0.6 is 0 Å². The van der Waals surface area contributed by atoms with Gasteiger partial charge in [-0.3, -0.25) is 9.78 Å². The number of anilines is 1. The van der Waals surface area contributed by atoms with Crippen molar-refractivity contribution >= 4 is 5.82 Å². The number of nitrogens with two attached hydrogens (primary N) is 1. The van der Waals surface area contributed by atoms with Gasteiger partial charge in [0.05, 0.1) is 11.9 Å². The highest BCUT2D eigenvalue weighted by Crippen LogP contribution is 2.30. The van der Waals surface area contributed by atoms with E-state index in [-0.39, 0.29) is 17.4 Å². The predicted octanol–water partition coefficient (Wildman–Crippen LogP) is 3.27. The van der Waals surface area contributed by atoms with Crippen LogP contribution in [0, 0.1) is 5.82 Å². The second kappa shape index (κ2) is 6.23. The van der Waals surface area contributed by atoms with E-state index in [1.165, 1.54) is 18.3 Å². The molecule has 0 saturated heterocycles. The van der Waals surface area contributed by atoms with Crippen LogP contribution in [0.4, 0.5) is 10.2 Å². The van der Waals surface area contributed by atoms with Gasteiger partial charge in [0.25, 0.3) is 5.56 Å². The highest BCUT2D eigenvalue weighted by Gasteiger charge is 2.16. The van der Waals surface area contributed by atoms with E-state index >= 15 is 0 Å². The lowest BCUT2D eigenvalue weighted by molar-refractivity contribution is 0.579. The van der Waals surface area contributed by atoms with Crippen molar-refractivity contribution in [3.05, 3.63) is 65.0 Å². The van der Waals surface area contributed by atoms with Crippen molar-refractivity contribution in [2.75, 3.05) is 5.73 Å². The number of nitrogen functional groups attached to an aromatic ring is 1. The topological polar surface area (TPSA) is 73.8 Å². The minimum Gasteiger partial charge on any atom is -0.382 e. The normalized spacial score (nSPS) is 11.0. The monoisotopic (exact) mass is 324 g/mol. The van der Waals surface area contributed by atoms with E-state index in [0.717, 1.165) is 0 Å². The van der Waals surface area contributed by atoms with E-state index in [2.05, 4.69) is 9.97 Å². The Kier molecular flexibility index (Phi) is 4.12. The third-order valence-electron chi connectivity index (χ3n) is 3.69. The third-order valence-corrected chi connectivity index (χ3v) is 3.69. The zero-order valence-electron chi connectivity index (χ0n) is 13.4. The van der Waals surface area contributed by atoms with Crippen LogP contribution in [-0.2, 0) is 0 Å². The summed E-state index contributed by atoms with van der Waals surface area (Å²) in [5.41, 5.74) is 7.45. The molecule has 0 unspecified atom stereocenters. The molecule has 0 spiro atoms. The third kappa shape index (κ3) is 2.90. The van der Waals surface area contributed by atoms with E-state index in [4.69, 9.17) is 5.73 Å². The Morgan fingerprint density at radius 3 is 2.58 bits per heavy atom. The summed E-state index contributed by atoms with van der Waals surface area (Å²) in [5.74, 6) is -0.204. The number of nitrogens with zero attached hydrogens (tertiary/aromatic N) is 3. The summed E-state index contributed by atoms with van der Waals surface area (Å²) in [4.78, 5) is 20.5.